The second-order valence-corrected chi connectivity index (χ2v) is 7.26. The number of methoxy groups -OCH3 is 1. The van der Waals surface area contributed by atoms with Gasteiger partial charge in [-0.3, -0.25) is 4.79 Å². The smallest absolute Gasteiger partial charge is 0.164 e. The Morgan fingerprint density at radius 2 is 2.13 bits per heavy atom. The second-order valence-electron chi connectivity index (χ2n) is 7.26. The van der Waals surface area contributed by atoms with Gasteiger partial charge in [0, 0.05) is 17.4 Å². The fraction of sp³-hybridized carbons (Fsp3) is 0.550. The van der Waals surface area contributed by atoms with Gasteiger partial charge in [-0.15, -0.1) is 0 Å². The number of carbonyl (C=O) groups excluding carboxylic acids is 1. The van der Waals surface area contributed by atoms with Crippen molar-refractivity contribution < 1.29 is 14.6 Å². The van der Waals surface area contributed by atoms with E-state index in [9.17, 15) is 9.90 Å². The molecule has 0 aliphatic heterocycles. The molecule has 3 atom stereocenters. The van der Waals surface area contributed by atoms with Crippen LogP contribution in [0.3, 0.4) is 0 Å². The molecule has 3 aliphatic rings. The molecule has 1 aromatic carbocycles. The van der Waals surface area contributed by atoms with Crippen LogP contribution >= 0.6 is 0 Å². The highest BCUT2D eigenvalue weighted by atomic mass is 16.5. The number of benzene rings is 1. The van der Waals surface area contributed by atoms with Crippen molar-refractivity contribution in [2.45, 2.75) is 51.6 Å². The molecule has 0 amide bonds. The van der Waals surface area contributed by atoms with Crippen molar-refractivity contribution in [1.82, 2.24) is 0 Å². The number of rotatable bonds is 2. The highest BCUT2D eigenvalue weighted by Gasteiger charge is 2.54. The van der Waals surface area contributed by atoms with Gasteiger partial charge in [0.1, 0.15) is 5.75 Å². The first-order valence-corrected chi connectivity index (χ1v) is 8.72. The summed E-state index contributed by atoms with van der Waals surface area (Å²) in [6.07, 6.45) is 4.82. The van der Waals surface area contributed by atoms with E-state index in [-0.39, 0.29) is 17.3 Å². The number of hydrogen-bond donors (Lipinski definition) is 1. The summed E-state index contributed by atoms with van der Waals surface area (Å²) < 4.78 is 5.33. The number of allylic oxidation sites excluding steroid dienone is 2. The molecule has 0 heterocycles. The molecule has 0 spiro atoms. The number of fused-ring (bicyclic) bond motifs is 4. The Hall–Kier alpha value is -1.61. The van der Waals surface area contributed by atoms with Gasteiger partial charge in [0.25, 0.3) is 0 Å². The first-order chi connectivity index (χ1) is 11.1. The lowest BCUT2D eigenvalue weighted by atomic mass is 9.60. The summed E-state index contributed by atoms with van der Waals surface area (Å²) in [5, 5.41) is 10.6. The quantitative estimate of drug-likeness (QED) is 0.908. The van der Waals surface area contributed by atoms with Crippen molar-refractivity contribution in [3.63, 3.8) is 0 Å². The minimum Gasteiger partial charge on any atom is -0.497 e. The van der Waals surface area contributed by atoms with E-state index in [4.69, 9.17) is 4.74 Å². The number of aryl methyl sites for hydroxylation is 1. The molecule has 23 heavy (non-hydrogen) atoms. The van der Waals surface area contributed by atoms with Crippen LogP contribution in [0.2, 0.25) is 0 Å². The number of ketones is 1. The molecule has 3 aliphatic carbocycles. The van der Waals surface area contributed by atoms with Crippen LogP contribution < -0.4 is 4.74 Å². The SMILES string of the molecule is CCC12CC(=O)C3=C(CCc4cc(OC)ccc43)C1CCC2O. The number of hydrogen-bond acceptors (Lipinski definition) is 3. The minimum atomic E-state index is -0.326. The number of ether oxygens (including phenoxy) is 1. The molecule has 0 aromatic heterocycles. The summed E-state index contributed by atoms with van der Waals surface area (Å²) in [4.78, 5) is 13.0. The molecule has 122 valence electrons. The fourth-order valence-electron chi connectivity index (χ4n) is 5.28. The van der Waals surface area contributed by atoms with Crippen LogP contribution in [0.1, 0.15) is 50.2 Å². The third kappa shape index (κ3) is 1.96. The first-order valence-electron chi connectivity index (χ1n) is 8.72. The predicted octanol–water partition coefficient (Wildman–Crippen LogP) is 3.54. The lowest BCUT2D eigenvalue weighted by Crippen LogP contribution is -2.42. The Labute approximate surface area is 137 Å². The lowest BCUT2D eigenvalue weighted by molar-refractivity contribution is -0.119. The number of Topliss-reactive ketones (excluding diaryl/α,β-unsaturated/α-hetero) is 1. The normalized spacial score (nSPS) is 32.4. The van der Waals surface area contributed by atoms with Gasteiger partial charge in [0.15, 0.2) is 5.78 Å². The number of aliphatic hydroxyl groups excluding tert-OH is 1. The van der Waals surface area contributed by atoms with Crippen LogP contribution in [-0.4, -0.2) is 24.1 Å². The van der Waals surface area contributed by atoms with E-state index >= 15 is 0 Å². The van der Waals surface area contributed by atoms with E-state index in [2.05, 4.69) is 13.0 Å². The summed E-state index contributed by atoms with van der Waals surface area (Å²) in [6.45, 7) is 2.13. The number of carbonyl (C=O) groups is 1. The maximum atomic E-state index is 13.0. The second kappa shape index (κ2) is 5.20. The third-order valence-corrected chi connectivity index (χ3v) is 6.50. The molecular formula is C20H24O3. The Bertz CT molecular complexity index is 703. The van der Waals surface area contributed by atoms with Crippen molar-refractivity contribution in [2.24, 2.45) is 11.3 Å². The minimum absolute atomic E-state index is 0.208. The molecule has 0 saturated heterocycles. The highest BCUT2D eigenvalue weighted by molar-refractivity contribution is 6.23. The van der Waals surface area contributed by atoms with Gasteiger partial charge in [-0.2, -0.15) is 0 Å². The predicted molar refractivity (Wildman–Crippen MR) is 89.3 cm³/mol. The largest absolute Gasteiger partial charge is 0.497 e. The van der Waals surface area contributed by atoms with E-state index in [0.29, 0.717) is 12.3 Å². The molecule has 0 radical (unpaired) electrons. The van der Waals surface area contributed by atoms with E-state index in [1.807, 2.05) is 12.1 Å². The molecule has 1 N–H and O–H groups in total. The molecule has 1 aromatic rings. The van der Waals surface area contributed by atoms with E-state index in [0.717, 1.165) is 49.0 Å². The Kier molecular flexibility index (Phi) is 3.38. The van der Waals surface area contributed by atoms with Crippen LogP contribution in [0.25, 0.3) is 5.57 Å². The van der Waals surface area contributed by atoms with Crippen LogP contribution in [-0.2, 0) is 11.2 Å². The van der Waals surface area contributed by atoms with E-state index in [1.54, 1.807) is 7.11 Å². The molecule has 3 unspecified atom stereocenters. The molecule has 3 heteroatoms. The Morgan fingerprint density at radius 1 is 1.30 bits per heavy atom. The number of aliphatic hydroxyl groups is 1. The van der Waals surface area contributed by atoms with Crippen LogP contribution in [0.4, 0.5) is 0 Å². The summed E-state index contributed by atoms with van der Waals surface area (Å²) >= 11 is 0. The zero-order valence-corrected chi connectivity index (χ0v) is 13.9. The molecule has 1 fully saturated rings. The topological polar surface area (TPSA) is 46.5 Å². The van der Waals surface area contributed by atoms with E-state index < -0.39 is 0 Å². The van der Waals surface area contributed by atoms with Crippen LogP contribution in [0.5, 0.6) is 5.75 Å². The van der Waals surface area contributed by atoms with E-state index in [1.165, 1.54) is 11.1 Å². The highest BCUT2D eigenvalue weighted by Crippen LogP contribution is 2.58. The Balaban J connectivity index is 1.86. The van der Waals surface area contributed by atoms with Crippen molar-refractivity contribution >= 4 is 11.4 Å². The summed E-state index contributed by atoms with van der Waals surface area (Å²) in [6, 6.07) is 6.07. The van der Waals surface area contributed by atoms with Crippen molar-refractivity contribution in [3.8, 4) is 5.75 Å². The summed E-state index contributed by atoms with van der Waals surface area (Å²) in [7, 11) is 1.68. The van der Waals surface area contributed by atoms with Crippen molar-refractivity contribution in [2.75, 3.05) is 7.11 Å². The van der Waals surface area contributed by atoms with Gasteiger partial charge < -0.3 is 9.84 Å². The average Bonchev–Trinajstić information content (AvgIpc) is 2.91. The molecule has 1 saturated carbocycles. The molecule has 4 rings (SSSR count). The Morgan fingerprint density at radius 3 is 2.87 bits per heavy atom. The van der Waals surface area contributed by atoms with Crippen molar-refractivity contribution in [3.05, 3.63) is 34.9 Å². The van der Waals surface area contributed by atoms with Gasteiger partial charge in [0.2, 0.25) is 0 Å². The monoisotopic (exact) mass is 312 g/mol. The standard InChI is InChI=1S/C20H24O3/c1-3-20-11-17(21)19-14-7-5-13(23-2)10-12(14)4-6-15(19)16(20)8-9-18(20)22/h5,7,10,16,18,22H,3-4,6,8-9,11H2,1-2H3. The summed E-state index contributed by atoms with van der Waals surface area (Å²) in [5.74, 6) is 1.46. The zero-order chi connectivity index (χ0) is 16.2. The first kappa shape index (κ1) is 14.9. The zero-order valence-electron chi connectivity index (χ0n) is 13.9. The third-order valence-electron chi connectivity index (χ3n) is 6.50. The molecular weight excluding hydrogens is 288 g/mol. The maximum absolute atomic E-state index is 13.0. The van der Waals surface area contributed by atoms with Gasteiger partial charge in [0.05, 0.1) is 13.2 Å². The molecule has 0 bridgehead atoms. The summed E-state index contributed by atoms with van der Waals surface area (Å²) in [5.41, 5.74) is 4.39. The van der Waals surface area contributed by atoms with Gasteiger partial charge in [-0.1, -0.05) is 18.6 Å². The van der Waals surface area contributed by atoms with Gasteiger partial charge in [-0.25, -0.2) is 0 Å². The lowest BCUT2D eigenvalue weighted by Gasteiger charge is -2.44. The van der Waals surface area contributed by atoms with Crippen LogP contribution in [0.15, 0.2) is 23.8 Å². The van der Waals surface area contributed by atoms with Crippen LogP contribution in [0, 0.1) is 11.3 Å². The average molecular weight is 312 g/mol. The van der Waals surface area contributed by atoms with Gasteiger partial charge in [-0.05, 0) is 61.3 Å². The van der Waals surface area contributed by atoms with Gasteiger partial charge >= 0.3 is 0 Å². The fourth-order valence-corrected chi connectivity index (χ4v) is 5.28. The molecule has 3 nitrogen and oxygen atoms in total. The maximum Gasteiger partial charge on any atom is 0.164 e. The van der Waals surface area contributed by atoms with Crippen molar-refractivity contribution in [1.29, 1.82) is 0 Å².